The molecule has 0 aromatic heterocycles. The summed E-state index contributed by atoms with van der Waals surface area (Å²) in [6, 6.07) is 0. The molecular weight excluding hydrogens is 350 g/mol. The van der Waals surface area contributed by atoms with Gasteiger partial charge < -0.3 is 0 Å². The van der Waals surface area contributed by atoms with Crippen LogP contribution in [-0.4, -0.2) is 0 Å². The summed E-state index contributed by atoms with van der Waals surface area (Å²) < 4.78 is 0. The molecule has 0 atom stereocenters. The molecule has 0 saturated carbocycles. The predicted molar refractivity (Wildman–Crippen MR) is 28.8 cm³/mol. The fourth-order valence-corrected chi connectivity index (χ4v) is 0. The summed E-state index contributed by atoms with van der Waals surface area (Å²) in [5.41, 5.74) is 0. The van der Waals surface area contributed by atoms with Gasteiger partial charge in [-0.05, 0) is 0 Å². The molecule has 0 spiro atoms. The van der Waals surface area contributed by atoms with E-state index in [1.165, 1.54) is 0 Å². The molecule has 0 aromatic rings. The van der Waals surface area contributed by atoms with Crippen LogP contribution in [0.3, 0.4) is 0 Å². The minimum atomic E-state index is -0.635. The van der Waals surface area contributed by atoms with Crippen molar-refractivity contribution in [1.29, 1.82) is 0 Å². The standard InChI is InChI=1S/Ag.BrH.ClH.HI/h;3*1H/q+3;;;/p-3. The Morgan fingerprint density at radius 1 is 2.00 bits per heavy atom. The van der Waals surface area contributed by atoms with E-state index in [2.05, 4.69) is 32.0 Å². The van der Waals surface area contributed by atoms with Gasteiger partial charge in [-0.1, -0.05) is 0 Å². The van der Waals surface area contributed by atoms with E-state index in [-0.39, 0.29) is 0 Å². The van der Waals surface area contributed by atoms with Gasteiger partial charge in [0, 0.05) is 0 Å². The Bertz CT molecular complexity index is 12.8. The molecule has 0 amide bonds. The van der Waals surface area contributed by atoms with Gasteiger partial charge in [0.15, 0.2) is 0 Å². The molecule has 0 aliphatic rings. The molecule has 0 rings (SSSR count). The van der Waals surface area contributed by atoms with Crippen LogP contribution in [0.25, 0.3) is 0 Å². The van der Waals surface area contributed by atoms with E-state index < -0.39 is 11.4 Å². The quantitative estimate of drug-likeness (QED) is 0.465. The summed E-state index contributed by atoms with van der Waals surface area (Å²) >= 11 is 4.62. The van der Waals surface area contributed by atoms with Crippen molar-refractivity contribution >= 4 is 41.2 Å². The maximum atomic E-state index is 5.28. The van der Waals surface area contributed by atoms with Crippen molar-refractivity contribution in [2.45, 2.75) is 0 Å². The zero-order chi connectivity index (χ0) is 3.58. The summed E-state index contributed by atoms with van der Waals surface area (Å²) in [6.07, 6.45) is 0. The SMILES string of the molecule is [Cl][Ag]([Br])[I]. The predicted octanol–water partition coefficient (Wildman–Crippen LogP) is 2.42. The van der Waals surface area contributed by atoms with E-state index in [4.69, 9.17) is 9.19 Å². The number of halogens is 3. The number of hydrogen-bond donors (Lipinski definition) is 0. The Hall–Kier alpha value is 2.24. The van der Waals surface area contributed by atoms with Gasteiger partial charge in [-0.15, -0.1) is 0 Å². The second-order valence-electron chi connectivity index (χ2n) is 0.129. The van der Waals surface area contributed by atoms with E-state index in [0.29, 0.717) is 0 Å². The Kier molecular flexibility index (Phi) is 5.35. The van der Waals surface area contributed by atoms with Crippen LogP contribution < -0.4 is 0 Å². The van der Waals surface area contributed by atoms with Crippen LogP contribution >= 0.6 is 41.2 Å². The van der Waals surface area contributed by atoms with Crippen molar-refractivity contribution in [2.24, 2.45) is 0 Å². The molecule has 0 heterocycles. The van der Waals surface area contributed by atoms with Crippen molar-refractivity contribution in [1.82, 2.24) is 0 Å². The van der Waals surface area contributed by atoms with Crippen LogP contribution in [0, 0.1) is 0 Å². The second-order valence-corrected chi connectivity index (χ2v) is 18.0. The van der Waals surface area contributed by atoms with Crippen molar-refractivity contribution in [2.75, 3.05) is 0 Å². The van der Waals surface area contributed by atoms with Crippen molar-refractivity contribution in [3.63, 3.8) is 0 Å². The summed E-state index contributed by atoms with van der Waals surface area (Å²) in [4.78, 5) is 0. The minimum absolute atomic E-state index is 0.635. The molecule has 32 valence electrons. The first-order valence-electron chi connectivity index (χ1n) is 0.342. The average molecular weight is 350 g/mol. The summed E-state index contributed by atoms with van der Waals surface area (Å²) in [6.45, 7) is 0. The van der Waals surface area contributed by atoms with Gasteiger partial charge in [-0.3, -0.25) is 0 Å². The van der Waals surface area contributed by atoms with Gasteiger partial charge in [-0.25, -0.2) is 0 Å². The fourth-order valence-electron chi connectivity index (χ4n) is 0. The molecule has 0 aromatic carbocycles. The van der Waals surface area contributed by atoms with Crippen molar-refractivity contribution < 1.29 is 11.4 Å². The summed E-state index contributed by atoms with van der Waals surface area (Å²) in [5, 5.41) is 0. The second kappa shape index (κ2) is 3.43. The molecule has 0 radical (unpaired) electrons. The van der Waals surface area contributed by atoms with Crippen LogP contribution in [0.1, 0.15) is 0 Å². The van der Waals surface area contributed by atoms with E-state index in [0.717, 1.165) is 0 Å². The fraction of sp³-hybridized carbons (Fsp3) is 0. The first-order valence-corrected chi connectivity index (χ1v) is 10.0. The van der Waals surface area contributed by atoms with Crippen LogP contribution in [-0.2, 0) is 11.4 Å². The topological polar surface area (TPSA) is 0 Å². The first kappa shape index (κ1) is 6.24. The summed E-state index contributed by atoms with van der Waals surface area (Å²) in [7, 11) is 5.28. The molecule has 0 N–H and O–H groups in total. The van der Waals surface area contributed by atoms with Crippen LogP contribution in [0.2, 0.25) is 0 Å². The van der Waals surface area contributed by atoms with Gasteiger partial charge in [0.2, 0.25) is 0 Å². The zero-order valence-corrected chi connectivity index (χ0v) is 7.42. The molecule has 0 fully saturated rings. The Morgan fingerprint density at radius 2 is 2.00 bits per heavy atom. The normalized spacial score (nSPS) is 11.2. The van der Waals surface area contributed by atoms with Gasteiger partial charge in [0.05, 0.1) is 0 Å². The molecule has 0 aliphatic carbocycles. The zero-order valence-electron chi connectivity index (χ0n) is 1.44. The number of hydrogen-bond acceptors (Lipinski definition) is 0. The monoisotopic (exact) mass is 348 g/mol. The molecule has 0 bridgehead atoms. The Morgan fingerprint density at radius 3 is 2.00 bits per heavy atom. The van der Waals surface area contributed by atoms with E-state index in [1.54, 1.807) is 0 Å². The van der Waals surface area contributed by atoms with Crippen LogP contribution in [0.15, 0.2) is 0 Å². The molecular formula is AgBrClI. The third-order valence-electron chi connectivity index (χ3n) is 0. The van der Waals surface area contributed by atoms with Gasteiger partial charge in [0.25, 0.3) is 0 Å². The van der Waals surface area contributed by atoms with E-state index in [1.807, 2.05) is 0 Å². The van der Waals surface area contributed by atoms with Crippen LogP contribution in [0.4, 0.5) is 0 Å². The molecule has 0 unspecified atom stereocenters. The van der Waals surface area contributed by atoms with Gasteiger partial charge >= 0.3 is 52.6 Å². The third kappa shape index (κ3) is 8.87. The number of rotatable bonds is 0. The molecule has 4 heteroatoms. The molecule has 4 heavy (non-hydrogen) atoms. The van der Waals surface area contributed by atoms with Crippen LogP contribution in [0.5, 0.6) is 0 Å². The van der Waals surface area contributed by atoms with Crippen molar-refractivity contribution in [3.05, 3.63) is 0 Å². The Balaban J connectivity index is 2.32. The third-order valence-corrected chi connectivity index (χ3v) is 0. The van der Waals surface area contributed by atoms with Gasteiger partial charge in [0.1, 0.15) is 0 Å². The van der Waals surface area contributed by atoms with E-state index in [9.17, 15) is 0 Å². The average Bonchev–Trinajstić information content (AvgIpc) is 0.811. The molecule has 0 saturated heterocycles. The molecule has 0 aliphatic heterocycles. The van der Waals surface area contributed by atoms with Gasteiger partial charge in [-0.2, -0.15) is 0 Å². The van der Waals surface area contributed by atoms with E-state index >= 15 is 0 Å². The first-order chi connectivity index (χ1) is 1.73. The van der Waals surface area contributed by atoms with Crippen molar-refractivity contribution in [3.8, 4) is 0 Å². The summed E-state index contributed by atoms with van der Waals surface area (Å²) in [5.74, 6) is 0. The molecule has 0 nitrogen and oxygen atoms in total. The Labute approximate surface area is 51.7 Å². The maximum absolute atomic E-state index is 5.28.